The Morgan fingerprint density at radius 1 is 1.13 bits per heavy atom. The Hall–Kier alpha value is -2.36. The van der Waals surface area contributed by atoms with Crippen LogP contribution in [-0.4, -0.2) is 93.8 Å². The largest absolute Gasteiger partial charge is 0.379 e. The fourth-order valence-electron chi connectivity index (χ4n) is 4.14. The highest BCUT2D eigenvalue weighted by Crippen LogP contribution is 2.24. The van der Waals surface area contributed by atoms with Crippen molar-refractivity contribution in [3.63, 3.8) is 0 Å². The molecule has 9 nitrogen and oxygen atoms in total. The van der Waals surface area contributed by atoms with E-state index in [4.69, 9.17) is 4.74 Å². The quantitative estimate of drug-likeness (QED) is 0.664. The molecule has 9 heteroatoms. The molecule has 30 heavy (non-hydrogen) atoms. The molecule has 162 valence electrons. The van der Waals surface area contributed by atoms with E-state index in [-0.39, 0.29) is 11.9 Å². The minimum Gasteiger partial charge on any atom is -0.379 e. The van der Waals surface area contributed by atoms with Gasteiger partial charge in [-0.3, -0.25) is 14.6 Å². The molecule has 4 rings (SSSR count). The maximum absolute atomic E-state index is 12.8. The van der Waals surface area contributed by atoms with Gasteiger partial charge in [-0.15, -0.1) is 5.10 Å². The first kappa shape index (κ1) is 20.9. The molecular weight excluding hydrogens is 382 g/mol. The number of carbonyl (C=O) groups excluding carboxylic acids is 1. The van der Waals surface area contributed by atoms with Crippen molar-refractivity contribution in [3.8, 4) is 0 Å². The van der Waals surface area contributed by atoms with Crippen molar-refractivity contribution in [1.82, 2.24) is 34.9 Å². The molecule has 2 aliphatic rings. The number of ether oxygens (including phenoxy) is 1. The van der Waals surface area contributed by atoms with Gasteiger partial charge in [-0.1, -0.05) is 30.3 Å². The molecule has 0 N–H and O–H groups in total. The molecule has 2 fully saturated rings. The zero-order valence-electron chi connectivity index (χ0n) is 17.7. The fraction of sp³-hybridized carbons (Fsp3) is 0.619. The molecule has 0 unspecified atom stereocenters. The molecule has 0 bridgehead atoms. The van der Waals surface area contributed by atoms with Crippen LogP contribution in [0.25, 0.3) is 0 Å². The summed E-state index contributed by atoms with van der Waals surface area (Å²) in [4.78, 5) is 19.5. The number of aromatic nitrogens is 4. The maximum Gasteiger partial charge on any atom is 0.222 e. The van der Waals surface area contributed by atoms with E-state index >= 15 is 0 Å². The smallest absolute Gasteiger partial charge is 0.222 e. The van der Waals surface area contributed by atoms with Crippen molar-refractivity contribution in [3.05, 3.63) is 41.7 Å². The SMILES string of the molecule is CN1CCN(C(=O)CCCn2nnnc2CN2CCOCC2)C[C@@H]1c1ccccc1. The zero-order chi connectivity index (χ0) is 20.8. The van der Waals surface area contributed by atoms with Gasteiger partial charge in [-0.05, 0) is 29.5 Å². The van der Waals surface area contributed by atoms with E-state index in [0.29, 0.717) is 13.0 Å². The monoisotopic (exact) mass is 413 g/mol. The lowest BCUT2D eigenvalue weighted by Gasteiger charge is -2.39. The van der Waals surface area contributed by atoms with Crippen molar-refractivity contribution < 1.29 is 9.53 Å². The molecule has 2 aliphatic heterocycles. The van der Waals surface area contributed by atoms with Crippen LogP contribution >= 0.6 is 0 Å². The highest BCUT2D eigenvalue weighted by molar-refractivity contribution is 5.76. The Morgan fingerprint density at radius 3 is 2.73 bits per heavy atom. The fourth-order valence-corrected chi connectivity index (χ4v) is 4.14. The van der Waals surface area contributed by atoms with Gasteiger partial charge in [-0.2, -0.15) is 0 Å². The molecule has 0 radical (unpaired) electrons. The number of hydrogen-bond acceptors (Lipinski definition) is 7. The van der Waals surface area contributed by atoms with E-state index in [0.717, 1.165) is 64.7 Å². The predicted octanol–water partition coefficient (Wildman–Crippen LogP) is 0.801. The molecule has 2 saturated heterocycles. The second-order valence-electron chi connectivity index (χ2n) is 8.06. The number of likely N-dealkylation sites (N-methyl/N-ethyl adjacent to an activating group) is 1. The van der Waals surface area contributed by atoms with Gasteiger partial charge in [0.05, 0.1) is 25.8 Å². The molecular formula is C21H31N7O2. The number of nitrogens with zero attached hydrogens (tertiary/aromatic N) is 7. The molecule has 1 aromatic carbocycles. The number of rotatable bonds is 7. The van der Waals surface area contributed by atoms with E-state index in [2.05, 4.69) is 56.6 Å². The van der Waals surface area contributed by atoms with Crippen LogP contribution in [0.4, 0.5) is 0 Å². The number of piperazine rings is 1. The first-order valence-corrected chi connectivity index (χ1v) is 10.8. The second kappa shape index (κ2) is 10.1. The third-order valence-electron chi connectivity index (χ3n) is 6.02. The normalized spacial score (nSPS) is 21.1. The van der Waals surface area contributed by atoms with Crippen molar-refractivity contribution in [2.45, 2.75) is 32.0 Å². The van der Waals surface area contributed by atoms with Crippen LogP contribution in [0.1, 0.15) is 30.3 Å². The van der Waals surface area contributed by atoms with Crippen molar-refractivity contribution in [1.29, 1.82) is 0 Å². The van der Waals surface area contributed by atoms with Crippen LogP contribution in [0.5, 0.6) is 0 Å². The van der Waals surface area contributed by atoms with Gasteiger partial charge in [0.25, 0.3) is 0 Å². The van der Waals surface area contributed by atoms with Gasteiger partial charge in [0.1, 0.15) is 0 Å². The van der Waals surface area contributed by atoms with Crippen molar-refractivity contribution >= 4 is 5.91 Å². The lowest BCUT2D eigenvalue weighted by atomic mass is 10.0. The van der Waals surface area contributed by atoms with E-state index in [1.807, 2.05) is 15.6 Å². The average Bonchev–Trinajstić information content (AvgIpc) is 3.22. The number of benzene rings is 1. The van der Waals surface area contributed by atoms with E-state index < -0.39 is 0 Å². The molecule has 0 saturated carbocycles. The van der Waals surface area contributed by atoms with Gasteiger partial charge in [0, 0.05) is 45.7 Å². The second-order valence-corrected chi connectivity index (χ2v) is 8.06. The summed E-state index contributed by atoms with van der Waals surface area (Å²) in [5.41, 5.74) is 1.26. The summed E-state index contributed by atoms with van der Waals surface area (Å²) in [5.74, 6) is 1.07. The number of carbonyl (C=O) groups is 1. The van der Waals surface area contributed by atoms with Crippen molar-refractivity contribution in [2.24, 2.45) is 0 Å². The summed E-state index contributed by atoms with van der Waals surface area (Å²) in [5, 5.41) is 12.1. The van der Waals surface area contributed by atoms with Gasteiger partial charge < -0.3 is 9.64 Å². The standard InChI is InChI=1S/C21H31N7O2/c1-25-10-11-27(16-19(25)18-6-3-2-4-7-18)21(29)8-5-9-28-20(22-23-24-28)17-26-12-14-30-15-13-26/h2-4,6-7,19H,5,8-17H2,1H3/t19-/m1/s1. The van der Waals surface area contributed by atoms with Crippen LogP contribution in [0.3, 0.4) is 0 Å². The first-order valence-electron chi connectivity index (χ1n) is 10.8. The topological polar surface area (TPSA) is 79.6 Å². The first-order chi connectivity index (χ1) is 14.7. The summed E-state index contributed by atoms with van der Waals surface area (Å²) in [6, 6.07) is 10.7. The van der Waals surface area contributed by atoms with Crippen LogP contribution < -0.4 is 0 Å². The Bertz CT molecular complexity index is 807. The lowest BCUT2D eigenvalue weighted by molar-refractivity contribution is -0.134. The molecule has 3 heterocycles. The molecule has 1 amide bonds. The molecule has 1 atom stereocenters. The molecule has 2 aromatic rings. The molecule has 0 spiro atoms. The van der Waals surface area contributed by atoms with Crippen LogP contribution in [0.2, 0.25) is 0 Å². The van der Waals surface area contributed by atoms with Gasteiger partial charge in [0.2, 0.25) is 5.91 Å². The Morgan fingerprint density at radius 2 is 1.93 bits per heavy atom. The molecule has 0 aliphatic carbocycles. The van der Waals surface area contributed by atoms with Gasteiger partial charge in [0.15, 0.2) is 5.82 Å². The number of tetrazole rings is 1. The Labute approximate surface area is 177 Å². The Balaban J connectivity index is 1.26. The van der Waals surface area contributed by atoms with Crippen molar-refractivity contribution in [2.75, 3.05) is 53.0 Å². The van der Waals surface area contributed by atoms with Crippen LogP contribution in [-0.2, 0) is 22.6 Å². The summed E-state index contributed by atoms with van der Waals surface area (Å²) >= 11 is 0. The zero-order valence-corrected chi connectivity index (χ0v) is 17.7. The lowest BCUT2D eigenvalue weighted by Crippen LogP contribution is -2.49. The summed E-state index contributed by atoms with van der Waals surface area (Å²) in [6.07, 6.45) is 1.25. The number of hydrogen-bond donors (Lipinski definition) is 0. The van der Waals surface area contributed by atoms with E-state index in [1.54, 1.807) is 0 Å². The Kier molecular flexibility index (Phi) is 7.03. The van der Waals surface area contributed by atoms with Crippen LogP contribution in [0.15, 0.2) is 30.3 Å². The third kappa shape index (κ3) is 5.21. The highest BCUT2D eigenvalue weighted by Gasteiger charge is 2.28. The van der Waals surface area contributed by atoms with E-state index in [1.165, 1.54) is 5.56 Å². The minimum atomic E-state index is 0.215. The summed E-state index contributed by atoms with van der Waals surface area (Å²) < 4.78 is 7.23. The third-order valence-corrected chi connectivity index (χ3v) is 6.02. The predicted molar refractivity (Wildman–Crippen MR) is 112 cm³/mol. The van der Waals surface area contributed by atoms with Gasteiger partial charge >= 0.3 is 0 Å². The summed E-state index contributed by atoms with van der Waals surface area (Å²) in [7, 11) is 2.13. The van der Waals surface area contributed by atoms with Gasteiger partial charge in [-0.25, -0.2) is 4.68 Å². The molecule has 1 aromatic heterocycles. The maximum atomic E-state index is 12.8. The number of morpholine rings is 1. The summed E-state index contributed by atoms with van der Waals surface area (Å²) in [6.45, 7) is 7.11. The number of amides is 1. The average molecular weight is 414 g/mol. The van der Waals surface area contributed by atoms with E-state index in [9.17, 15) is 4.79 Å². The minimum absolute atomic E-state index is 0.215. The number of aryl methyl sites for hydroxylation is 1. The highest BCUT2D eigenvalue weighted by atomic mass is 16.5. The van der Waals surface area contributed by atoms with Crippen LogP contribution in [0, 0.1) is 0 Å².